The monoisotopic (exact) mass is 280 g/mol. The molecule has 1 saturated carbocycles. The minimum atomic E-state index is -1.51. The molecule has 0 radical (unpaired) electrons. The fourth-order valence-corrected chi connectivity index (χ4v) is 1.97. The number of carboxylic acid groups (broad SMARTS) is 1. The van der Waals surface area contributed by atoms with Crippen LogP contribution in [0.5, 0.6) is 0 Å². The Morgan fingerprint density at radius 3 is 2.80 bits per heavy atom. The van der Waals surface area contributed by atoms with Gasteiger partial charge in [0.05, 0.1) is 0 Å². The predicted octanol–water partition coefficient (Wildman–Crippen LogP) is 0.600. The number of carboxylic acids is 1. The topological polar surface area (TPSA) is 97.1 Å². The number of amides is 1. The minimum Gasteiger partial charge on any atom is -0.480 e. The van der Waals surface area contributed by atoms with Gasteiger partial charge in [-0.1, -0.05) is 6.92 Å². The van der Waals surface area contributed by atoms with Gasteiger partial charge in [-0.3, -0.25) is 14.3 Å². The summed E-state index contributed by atoms with van der Waals surface area (Å²) in [6.07, 6.45) is 4.16. The van der Waals surface area contributed by atoms with E-state index in [4.69, 9.17) is 0 Å². The number of hydrogen-bond donors (Lipinski definition) is 2. The second-order valence-corrected chi connectivity index (χ2v) is 5.46. The summed E-state index contributed by atoms with van der Waals surface area (Å²) in [6.45, 7) is 4.11. The first-order valence-electron chi connectivity index (χ1n) is 6.88. The summed E-state index contributed by atoms with van der Waals surface area (Å²) in [7, 11) is 0. The molecule has 2 rings (SSSR count). The third kappa shape index (κ3) is 2.97. The first-order chi connectivity index (χ1) is 9.47. The molecule has 7 nitrogen and oxygen atoms in total. The fraction of sp³-hybridized carbons (Fsp3) is 0.692. The van der Waals surface area contributed by atoms with Gasteiger partial charge >= 0.3 is 5.97 Å². The Kier molecular flexibility index (Phi) is 4.06. The SMILES string of the molecule is CCCn1ncnc1CC(C)(C(=O)O)C(=O)NC1CC1. The third-order valence-corrected chi connectivity index (χ3v) is 3.53. The number of nitrogens with zero attached hydrogens (tertiary/aromatic N) is 3. The molecule has 1 aromatic rings. The average molecular weight is 280 g/mol. The standard InChI is InChI=1S/C13H20N4O3/c1-3-6-17-10(14-8-15-17)7-13(2,12(19)20)11(18)16-9-4-5-9/h8-9H,3-7H2,1-2H3,(H,16,18)(H,19,20). The molecule has 1 aliphatic carbocycles. The first-order valence-corrected chi connectivity index (χ1v) is 6.88. The lowest BCUT2D eigenvalue weighted by atomic mass is 9.85. The quantitative estimate of drug-likeness (QED) is 0.713. The fourth-order valence-electron chi connectivity index (χ4n) is 1.97. The molecule has 7 heteroatoms. The number of aryl methyl sites for hydroxylation is 1. The number of hydrogen-bond acceptors (Lipinski definition) is 4. The average Bonchev–Trinajstić information content (AvgIpc) is 3.10. The Labute approximate surface area is 117 Å². The van der Waals surface area contributed by atoms with Gasteiger partial charge in [0.25, 0.3) is 0 Å². The smallest absolute Gasteiger partial charge is 0.319 e. The number of aliphatic carboxylic acids is 1. The molecule has 2 N–H and O–H groups in total. The van der Waals surface area contributed by atoms with E-state index in [1.807, 2.05) is 6.92 Å². The van der Waals surface area contributed by atoms with E-state index in [9.17, 15) is 14.7 Å². The summed E-state index contributed by atoms with van der Waals surface area (Å²) in [6, 6.07) is 0.134. The highest BCUT2D eigenvalue weighted by atomic mass is 16.4. The van der Waals surface area contributed by atoms with Crippen LogP contribution < -0.4 is 5.32 Å². The lowest BCUT2D eigenvalue weighted by Gasteiger charge is -2.23. The van der Waals surface area contributed by atoms with E-state index in [1.165, 1.54) is 13.3 Å². The molecular formula is C13H20N4O3. The molecule has 0 aromatic carbocycles. The van der Waals surface area contributed by atoms with Gasteiger partial charge in [0.2, 0.25) is 5.91 Å². The van der Waals surface area contributed by atoms with E-state index in [2.05, 4.69) is 15.4 Å². The van der Waals surface area contributed by atoms with E-state index in [0.717, 1.165) is 19.3 Å². The summed E-state index contributed by atoms with van der Waals surface area (Å²) in [5.74, 6) is -1.05. The summed E-state index contributed by atoms with van der Waals surface area (Å²) >= 11 is 0. The highest BCUT2D eigenvalue weighted by molar-refractivity contribution is 6.01. The summed E-state index contributed by atoms with van der Waals surface area (Å²) in [5.41, 5.74) is -1.51. The van der Waals surface area contributed by atoms with Crippen molar-refractivity contribution in [3.8, 4) is 0 Å². The number of carbonyl (C=O) groups is 2. The maximum atomic E-state index is 12.2. The van der Waals surface area contributed by atoms with Crippen molar-refractivity contribution < 1.29 is 14.7 Å². The van der Waals surface area contributed by atoms with Gasteiger partial charge in [0, 0.05) is 19.0 Å². The molecule has 1 unspecified atom stereocenters. The zero-order valence-corrected chi connectivity index (χ0v) is 11.8. The zero-order chi connectivity index (χ0) is 14.8. The largest absolute Gasteiger partial charge is 0.480 e. The maximum Gasteiger partial charge on any atom is 0.319 e. The van der Waals surface area contributed by atoms with E-state index >= 15 is 0 Å². The summed E-state index contributed by atoms with van der Waals surface area (Å²) in [5, 5.41) is 16.3. The van der Waals surface area contributed by atoms with Crippen LogP contribution in [0.15, 0.2) is 6.33 Å². The number of nitrogens with one attached hydrogen (secondary N) is 1. The van der Waals surface area contributed by atoms with Gasteiger partial charge in [-0.15, -0.1) is 0 Å². The van der Waals surface area contributed by atoms with Crippen molar-refractivity contribution in [2.45, 2.75) is 52.1 Å². The highest BCUT2D eigenvalue weighted by Crippen LogP contribution is 2.26. The molecule has 1 amide bonds. The molecule has 0 saturated heterocycles. The highest BCUT2D eigenvalue weighted by Gasteiger charge is 2.44. The summed E-state index contributed by atoms with van der Waals surface area (Å²) in [4.78, 5) is 27.8. The molecule has 1 aliphatic rings. The van der Waals surface area contributed by atoms with E-state index in [1.54, 1.807) is 4.68 Å². The van der Waals surface area contributed by atoms with Gasteiger partial charge in [0.15, 0.2) is 5.41 Å². The molecule has 0 spiro atoms. The van der Waals surface area contributed by atoms with Crippen LogP contribution >= 0.6 is 0 Å². The first kappa shape index (κ1) is 14.5. The van der Waals surface area contributed by atoms with Gasteiger partial charge in [-0.25, -0.2) is 4.98 Å². The molecule has 1 fully saturated rings. The molecule has 110 valence electrons. The van der Waals surface area contributed by atoms with Crippen LogP contribution in [0.3, 0.4) is 0 Å². The van der Waals surface area contributed by atoms with E-state index in [0.29, 0.717) is 12.4 Å². The van der Waals surface area contributed by atoms with Crippen LogP contribution in [0, 0.1) is 5.41 Å². The molecular weight excluding hydrogens is 260 g/mol. The number of rotatable bonds is 7. The Bertz CT molecular complexity index is 509. The van der Waals surface area contributed by atoms with Crippen LogP contribution in [-0.2, 0) is 22.6 Å². The van der Waals surface area contributed by atoms with Crippen molar-refractivity contribution in [3.05, 3.63) is 12.2 Å². The van der Waals surface area contributed by atoms with Crippen molar-refractivity contribution in [2.24, 2.45) is 5.41 Å². The molecule has 1 atom stereocenters. The normalized spacial score (nSPS) is 17.5. The maximum absolute atomic E-state index is 12.2. The Balaban J connectivity index is 2.16. The van der Waals surface area contributed by atoms with Crippen molar-refractivity contribution in [3.63, 3.8) is 0 Å². The number of carbonyl (C=O) groups excluding carboxylic acids is 1. The van der Waals surface area contributed by atoms with Crippen molar-refractivity contribution in [2.75, 3.05) is 0 Å². The van der Waals surface area contributed by atoms with E-state index < -0.39 is 17.3 Å². The molecule has 0 bridgehead atoms. The lowest BCUT2D eigenvalue weighted by molar-refractivity contribution is -0.154. The zero-order valence-electron chi connectivity index (χ0n) is 11.8. The predicted molar refractivity (Wildman–Crippen MR) is 70.9 cm³/mol. The molecule has 20 heavy (non-hydrogen) atoms. The Morgan fingerprint density at radius 1 is 1.55 bits per heavy atom. The second kappa shape index (κ2) is 5.60. The van der Waals surface area contributed by atoms with Crippen LogP contribution in [0.1, 0.15) is 38.9 Å². The third-order valence-electron chi connectivity index (χ3n) is 3.53. The molecule has 1 heterocycles. The Hall–Kier alpha value is -1.92. The van der Waals surface area contributed by atoms with Gasteiger partial charge in [-0.05, 0) is 26.2 Å². The van der Waals surface area contributed by atoms with Crippen molar-refractivity contribution in [1.29, 1.82) is 0 Å². The van der Waals surface area contributed by atoms with Gasteiger partial charge in [-0.2, -0.15) is 5.10 Å². The van der Waals surface area contributed by atoms with Crippen LogP contribution in [-0.4, -0.2) is 37.8 Å². The van der Waals surface area contributed by atoms with Gasteiger partial charge in [0.1, 0.15) is 12.2 Å². The van der Waals surface area contributed by atoms with Crippen LogP contribution in [0.2, 0.25) is 0 Å². The van der Waals surface area contributed by atoms with Crippen molar-refractivity contribution >= 4 is 11.9 Å². The van der Waals surface area contributed by atoms with Crippen molar-refractivity contribution in [1.82, 2.24) is 20.1 Å². The van der Waals surface area contributed by atoms with E-state index in [-0.39, 0.29) is 12.5 Å². The summed E-state index contributed by atoms with van der Waals surface area (Å²) < 4.78 is 1.66. The minimum absolute atomic E-state index is 0.0425. The number of aromatic nitrogens is 3. The molecule has 1 aromatic heterocycles. The van der Waals surface area contributed by atoms with Crippen LogP contribution in [0.4, 0.5) is 0 Å². The van der Waals surface area contributed by atoms with Gasteiger partial charge < -0.3 is 10.4 Å². The lowest BCUT2D eigenvalue weighted by Crippen LogP contribution is -2.47. The van der Waals surface area contributed by atoms with Crippen LogP contribution in [0.25, 0.3) is 0 Å². The Morgan fingerprint density at radius 2 is 2.25 bits per heavy atom. The molecule has 0 aliphatic heterocycles. The second-order valence-electron chi connectivity index (χ2n) is 5.46.